The van der Waals surface area contributed by atoms with Crippen LogP contribution in [-0.2, 0) is 11.2 Å². The van der Waals surface area contributed by atoms with Crippen LogP contribution in [0.5, 0.6) is 5.75 Å². The summed E-state index contributed by atoms with van der Waals surface area (Å²) in [5.41, 5.74) is 2.73. The zero-order valence-electron chi connectivity index (χ0n) is 13.9. The normalized spacial score (nSPS) is 9.85. The fourth-order valence-corrected chi connectivity index (χ4v) is 2.54. The number of ether oxygens (including phenoxy) is 1. The van der Waals surface area contributed by atoms with Gasteiger partial charge in [0, 0.05) is 28.3 Å². The van der Waals surface area contributed by atoms with E-state index in [-0.39, 0.29) is 18.8 Å². The minimum atomic E-state index is -0.939. The lowest BCUT2D eigenvalue weighted by atomic mass is 10.1. The van der Waals surface area contributed by atoms with Crippen LogP contribution in [0.25, 0.3) is 10.9 Å². The number of fused-ring (bicyclic) bond motifs is 1. The molecule has 0 atom stereocenters. The first-order valence-corrected chi connectivity index (χ1v) is 7.48. The molecular formula is C19H16ClN3O3. The van der Waals surface area contributed by atoms with E-state index in [1.807, 2.05) is 24.3 Å². The number of carboxylic acid groups (broad SMARTS) is 1. The van der Waals surface area contributed by atoms with E-state index < -0.39 is 5.97 Å². The lowest BCUT2D eigenvalue weighted by molar-refractivity contribution is -0.136. The number of halogens is 1. The zero-order valence-corrected chi connectivity index (χ0v) is 14.7. The fraction of sp³-hybridized carbons (Fsp3) is 0.105. The lowest BCUT2D eigenvalue weighted by Crippen LogP contribution is -2.04. The van der Waals surface area contributed by atoms with Gasteiger partial charge in [0.2, 0.25) is 0 Å². The second-order valence-corrected chi connectivity index (χ2v) is 5.32. The van der Waals surface area contributed by atoms with Crippen molar-refractivity contribution in [2.45, 2.75) is 6.42 Å². The molecule has 0 saturated heterocycles. The predicted molar refractivity (Wildman–Crippen MR) is 102 cm³/mol. The summed E-state index contributed by atoms with van der Waals surface area (Å²) in [7, 11) is 1.50. The number of carbonyl (C=O) groups is 1. The van der Waals surface area contributed by atoms with Crippen molar-refractivity contribution in [1.82, 2.24) is 9.97 Å². The molecule has 0 aliphatic heterocycles. The van der Waals surface area contributed by atoms with Crippen molar-refractivity contribution in [2.24, 2.45) is 0 Å². The Kier molecular flexibility index (Phi) is 5.99. The molecule has 0 radical (unpaired) electrons. The molecule has 2 N–H and O–H groups in total. The van der Waals surface area contributed by atoms with Gasteiger partial charge in [-0.3, -0.25) is 4.79 Å². The number of nitrogens with one attached hydrogen (secondary N) is 1. The molecule has 0 aliphatic carbocycles. The van der Waals surface area contributed by atoms with Crippen molar-refractivity contribution in [3.8, 4) is 18.1 Å². The number of rotatable bonds is 5. The van der Waals surface area contributed by atoms with Gasteiger partial charge in [-0.2, -0.15) is 0 Å². The quantitative estimate of drug-likeness (QED) is 0.670. The Morgan fingerprint density at radius 2 is 2.12 bits per heavy atom. The number of anilines is 2. The van der Waals surface area contributed by atoms with Gasteiger partial charge in [0.05, 0.1) is 19.0 Å². The number of hydrogen-bond donors (Lipinski definition) is 2. The summed E-state index contributed by atoms with van der Waals surface area (Å²) < 4.78 is 5.28. The molecule has 7 heteroatoms. The van der Waals surface area contributed by atoms with E-state index >= 15 is 0 Å². The molecule has 6 nitrogen and oxygen atoms in total. The van der Waals surface area contributed by atoms with Crippen LogP contribution in [0.15, 0.2) is 42.7 Å². The Morgan fingerprint density at radius 1 is 1.31 bits per heavy atom. The van der Waals surface area contributed by atoms with Gasteiger partial charge in [0.1, 0.15) is 17.9 Å². The first kappa shape index (κ1) is 19.0. The number of aromatic nitrogens is 2. The summed E-state index contributed by atoms with van der Waals surface area (Å²) >= 11 is 0. The van der Waals surface area contributed by atoms with Gasteiger partial charge in [0.15, 0.2) is 0 Å². The van der Waals surface area contributed by atoms with Gasteiger partial charge < -0.3 is 15.2 Å². The highest BCUT2D eigenvalue weighted by molar-refractivity contribution is 5.93. The van der Waals surface area contributed by atoms with Gasteiger partial charge in [-0.05, 0) is 24.3 Å². The average Bonchev–Trinajstić information content (AvgIpc) is 2.61. The van der Waals surface area contributed by atoms with Gasteiger partial charge in [-0.25, -0.2) is 9.97 Å². The molecule has 0 fully saturated rings. The van der Waals surface area contributed by atoms with Gasteiger partial charge in [-0.15, -0.1) is 18.8 Å². The standard InChI is InChI=1S/C19H15N3O3.ClH/c1-3-12-5-4-6-14(7-12)22-19-15-8-13(9-18(23)24)17(25-2)10-16(15)20-11-21-19;/h1,4-8,10-11H,9H2,2H3,(H,23,24)(H,20,21,22);1H. The molecule has 132 valence electrons. The van der Waals surface area contributed by atoms with E-state index in [1.165, 1.54) is 13.4 Å². The van der Waals surface area contributed by atoms with Crippen LogP contribution in [0.2, 0.25) is 0 Å². The van der Waals surface area contributed by atoms with Crippen molar-refractivity contribution < 1.29 is 14.6 Å². The molecule has 2 aromatic carbocycles. The summed E-state index contributed by atoms with van der Waals surface area (Å²) in [6.07, 6.45) is 6.71. The van der Waals surface area contributed by atoms with Crippen LogP contribution in [-0.4, -0.2) is 28.2 Å². The molecule has 0 aliphatic rings. The van der Waals surface area contributed by atoms with Crippen LogP contribution in [0.3, 0.4) is 0 Å². The third-order valence-electron chi connectivity index (χ3n) is 3.67. The predicted octanol–water partition coefficient (Wildman–Crippen LogP) is 3.41. The average molecular weight is 370 g/mol. The second kappa shape index (κ2) is 8.19. The molecule has 0 bridgehead atoms. The highest BCUT2D eigenvalue weighted by atomic mass is 35.5. The largest absolute Gasteiger partial charge is 0.496 e. The Balaban J connectivity index is 0.00000243. The molecule has 3 aromatic rings. The maximum atomic E-state index is 11.1. The summed E-state index contributed by atoms with van der Waals surface area (Å²) in [5, 5.41) is 13.0. The van der Waals surface area contributed by atoms with E-state index in [9.17, 15) is 4.79 Å². The number of nitrogens with zero attached hydrogens (tertiary/aromatic N) is 2. The van der Waals surface area contributed by atoms with Crippen molar-refractivity contribution in [1.29, 1.82) is 0 Å². The fourth-order valence-electron chi connectivity index (χ4n) is 2.54. The first-order chi connectivity index (χ1) is 12.1. The number of aliphatic carboxylic acids is 1. The molecule has 0 spiro atoms. The molecule has 0 unspecified atom stereocenters. The molecule has 26 heavy (non-hydrogen) atoms. The number of terminal acetylenes is 1. The van der Waals surface area contributed by atoms with Gasteiger partial charge in [0.25, 0.3) is 0 Å². The van der Waals surface area contributed by atoms with Crippen LogP contribution < -0.4 is 10.1 Å². The van der Waals surface area contributed by atoms with Crippen LogP contribution in [0.4, 0.5) is 11.5 Å². The number of methoxy groups -OCH3 is 1. The van der Waals surface area contributed by atoms with Crippen molar-refractivity contribution in [3.05, 3.63) is 53.9 Å². The molecule has 1 heterocycles. The molecule has 0 amide bonds. The maximum absolute atomic E-state index is 11.1. The number of benzene rings is 2. The summed E-state index contributed by atoms with van der Waals surface area (Å²) in [6.45, 7) is 0. The van der Waals surface area contributed by atoms with Crippen molar-refractivity contribution in [2.75, 3.05) is 12.4 Å². The van der Waals surface area contributed by atoms with Crippen molar-refractivity contribution >= 4 is 40.8 Å². The highest BCUT2D eigenvalue weighted by Gasteiger charge is 2.13. The topological polar surface area (TPSA) is 84.3 Å². The summed E-state index contributed by atoms with van der Waals surface area (Å²) in [4.78, 5) is 19.6. The number of carboxylic acids is 1. The Morgan fingerprint density at radius 3 is 2.81 bits per heavy atom. The Labute approximate surface area is 156 Å². The molecule has 3 rings (SSSR count). The molecular weight excluding hydrogens is 354 g/mol. The molecule has 0 saturated carbocycles. The minimum Gasteiger partial charge on any atom is -0.496 e. The van der Waals surface area contributed by atoms with Crippen LogP contribution >= 0.6 is 12.4 Å². The zero-order chi connectivity index (χ0) is 17.8. The van der Waals surface area contributed by atoms with Gasteiger partial charge >= 0.3 is 5.97 Å². The lowest BCUT2D eigenvalue weighted by Gasteiger charge is -2.12. The van der Waals surface area contributed by atoms with Crippen LogP contribution in [0.1, 0.15) is 11.1 Å². The maximum Gasteiger partial charge on any atom is 0.307 e. The Hall–Kier alpha value is -3.30. The SMILES string of the molecule is C#Cc1cccc(Nc2ncnc3cc(OC)c(CC(=O)O)cc23)c1.Cl. The van der Waals surface area contributed by atoms with E-state index in [0.717, 1.165) is 11.3 Å². The third kappa shape index (κ3) is 4.02. The van der Waals surface area contributed by atoms with Crippen molar-refractivity contribution in [3.63, 3.8) is 0 Å². The van der Waals surface area contributed by atoms with Gasteiger partial charge in [-0.1, -0.05) is 12.0 Å². The van der Waals surface area contributed by atoms with E-state index in [1.54, 1.807) is 12.1 Å². The summed E-state index contributed by atoms with van der Waals surface area (Å²) in [5.74, 6) is 2.69. The Bertz CT molecular complexity index is 999. The monoisotopic (exact) mass is 369 g/mol. The van der Waals surface area contributed by atoms with E-state index in [0.29, 0.717) is 28.0 Å². The second-order valence-electron chi connectivity index (χ2n) is 5.32. The van der Waals surface area contributed by atoms with E-state index in [2.05, 4.69) is 21.2 Å². The van der Waals surface area contributed by atoms with E-state index in [4.69, 9.17) is 16.3 Å². The number of hydrogen-bond acceptors (Lipinski definition) is 5. The highest BCUT2D eigenvalue weighted by Crippen LogP contribution is 2.30. The first-order valence-electron chi connectivity index (χ1n) is 7.48. The molecule has 1 aromatic heterocycles. The minimum absolute atomic E-state index is 0. The smallest absolute Gasteiger partial charge is 0.307 e. The summed E-state index contributed by atoms with van der Waals surface area (Å²) in [6, 6.07) is 10.8. The third-order valence-corrected chi connectivity index (χ3v) is 3.67. The van der Waals surface area contributed by atoms with Crippen LogP contribution in [0, 0.1) is 12.3 Å².